The third kappa shape index (κ3) is 2.33. The van der Waals surface area contributed by atoms with E-state index in [1.807, 2.05) is 0 Å². The number of carbonyl (C=O) groups excluding carboxylic acids is 1. The van der Waals surface area contributed by atoms with Crippen LogP contribution in [0.25, 0.3) is 0 Å². The van der Waals surface area contributed by atoms with E-state index in [2.05, 4.69) is 11.8 Å². The van der Waals surface area contributed by atoms with Crippen LogP contribution in [0.3, 0.4) is 0 Å². The highest BCUT2D eigenvalue weighted by molar-refractivity contribution is 5.92. The van der Waals surface area contributed by atoms with Gasteiger partial charge in [0, 0.05) is 5.56 Å². The Morgan fingerprint density at radius 2 is 1.86 bits per heavy atom. The molecule has 0 fully saturated rings. The highest BCUT2D eigenvalue weighted by Crippen LogP contribution is 2.13. The van der Waals surface area contributed by atoms with Crippen LogP contribution in [-0.2, 0) is 4.79 Å². The molecule has 0 aliphatic carbocycles. The molecule has 1 aromatic rings. The summed E-state index contributed by atoms with van der Waals surface area (Å²) < 4.78 is 13.2. The Morgan fingerprint density at radius 1 is 1.36 bits per heavy atom. The molecule has 1 aromatic carbocycles. The van der Waals surface area contributed by atoms with Crippen molar-refractivity contribution < 1.29 is 9.18 Å². The summed E-state index contributed by atoms with van der Waals surface area (Å²) in [4.78, 5) is 10.4. The second-order valence-corrected chi connectivity index (χ2v) is 3.04. The van der Waals surface area contributed by atoms with Gasteiger partial charge in [0.15, 0.2) is 0 Å². The zero-order valence-electron chi connectivity index (χ0n) is 8.02. The van der Waals surface area contributed by atoms with Crippen LogP contribution in [0.4, 0.5) is 4.39 Å². The van der Waals surface area contributed by atoms with Crippen LogP contribution >= 0.6 is 0 Å². The molecular weight excluding hydrogens is 181 g/mol. The summed E-state index contributed by atoms with van der Waals surface area (Å²) in [5.41, 5.74) is 6.48. The van der Waals surface area contributed by atoms with Crippen molar-refractivity contribution in [3.63, 3.8) is 0 Å². The standard InChI is InChI=1S/C11H10FNO/c1-7-5-9(3-4-10(13)14)6-8(2)11(7)12/h5-6H,1-2H3,(H2,13,14). The molecular formula is C11H10FNO. The van der Waals surface area contributed by atoms with Crippen LogP contribution in [0.5, 0.6) is 0 Å². The van der Waals surface area contributed by atoms with Crippen molar-refractivity contribution in [1.29, 1.82) is 0 Å². The lowest BCUT2D eigenvalue weighted by Crippen LogP contribution is -2.06. The Morgan fingerprint density at radius 3 is 2.29 bits per heavy atom. The maximum atomic E-state index is 13.2. The molecule has 0 atom stereocenters. The van der Waals surface area contributed by atoms with Gasteiger partial charge in [-0.25, -0.2) is 4.39 Å². The van der Waals surface area contributed by atoms with Crippen LogP contribution in [0.1, 0.15) is 16.7 Å². The lowest BCUT2D eigenvalue weighted by Gasteiger charge is -2.01. The SMILES string of the molecule is Cc1cc(C#CC(N)=O)cc(C)c1F. The van der Waals surface area contributed by atoms with Crippen LogP contribution in [0.2, 0.25) is 0 Å². The van der Waals surface area contributed by atoms with E-state index >= 15 is 0 Å². The molecule has 0 radical (unpaired) electrons. The topological polar surface area (TPSA) is 43.1 Å². The Kier molecular flexibility index (Phi) is 2.88. The Hall–Kier alpha value is -1.82. The fourth-order valence-corrected chi connectivity index (χ4v) is 1.15. The number of primary amides is 1. The Labute approximate surface area is 81.9 Å². The minimum Gasteiger partial charge on any atom is -0.359 e. The smallest absolute Gasteiger partial charge is 0.293 e. The van der Waals surface area contributed by atoms with Crippen molar-refractivity contribution >= 4 is 5.91 Å². The predicted octanol–water partition coefficient (Wildman–Crippen LogP) is 1.28. The molecule has 14 heavy (non-hydrogen) atoms. The predicted molar refractivity (Wildman–Crippen MR) is 51.9 cm³/mol. The van der Waals surface area contributed by atoms with Gasteiger partial charge in [-0.15, -0.1) is 0 Å². The molecule has 2 N–H and O–H groups in total. The minimum atomic E-state index is -0.690. The van der Waals surface area contributed by atoms with Crippen molar-refractivity contribution in [3.8, 4) is 11.8 Å². The molecule has 1 rings (SSSR count). The van der Waals surface area contributed by atoms with Crippen molar-refractivity contribution in [2.45, 2.75) is 13.8 Å². The van der Waals surface area contributed by atoms with Crippen LogP contribution in [0.15, 0.2) is 12.1 Å². The third-order valence-electron chi connectivity index (χ3n) is 1.77. The fraction of sp³-hybridized carbons (Fsp3) is 0.182. The lowest BCUT2D eigenvalue weighted by molar-refractivity contribution is -0.112. The van der Waals surface area contributed by atoms with Gasteiger partial charge in [-0.3, -0.25) is 4.79 Å². The average molecular weight is 191 g/mol. The van der Waals surface area contributed by atoms with E-state index in [0.717, 1.165) is 0 Å². The summed E-state index contributed by atoms with van der Waals surface area (Å²) in [6.07, 6.45) is 0. The van der Waals surface area contributed by atoms with Crippen LogP contribution in [0, 0.1) is 31.5 Å². The van der Waals surface area contributed by atoms with E-state index < -0.39 is 5.91 Å². The quantitative estimate of drug-likeness (QED) is 0.617. The summed E-state index contributed by atoms with van der Waals surface area (Å²) in [6, 6.07) is 3.16. The van der Waals surface area contributed by atoms with Gasteiger partial charge in [0.25, 0.3) is 5.91 Å². The van der Waals surface area contributed by atoms with Gasteiger partial charge in [-0.05, 0) is 43.0 Å². The summed E-state index contributed by atoms with van der Waals surface area (Å²) in [6.45, 7) is 3.30. The molecule has 0 saturated carbocycles. The number of halogens is 1. The zero-order chi connectivity index (χ0) is 10.7. The highest BCUT2D eigenvalue weighted by atomic mass is 19.1. The van der Waals surface area contributed by atoms with Crippen molar-refractivity contribution in [3.05, 3.63) is 34.6 Å². The first-order chi connectivity index (χ1) is 6.50. The molecule has 0 saturated heterocycles. The molecule has 0 aliphatic rings. The largest absolute Gasteiger partial charge is 0.359 e. The zero-order valence-corrected chi connectivity index (χ0v) is 8.02. The number of carbonyl (C=O) groups is 1. The summed E-state index contributed by atoms with van der Waals surface area (Å²) in [7, 11) is 0. The number of benzene rings is 1. The van der Waals surface area contributed by atoms with Crippen molar-refractivity contribution in [2.75, 3.05) is 0 Å². The van der Waals surface area contributed by atoms with Gasteiger partial charge < -0.3 is 5.73 Å². The van der Waals surface area contributed by atoms with Gasteiger partial charge in [0.1, 0.15) is 5.82 Å². The van der Waals surface area contributed by atoms with Gasteiger partial charge in [-0.2, -0.15) is 0 Å². The first kappa shape index (κ1) is 10.3. The molecule has 0 heterocycles. The van der Waals surface area contributed by atoms with E-state index in [4.69, 9.17) is 5.73 Å². The summed E-state index contributed by atoms with van der Waals surface area (Å²) in [5.74, 6) is 3.83. The monoisotopic (exact) mass is 191 g/mol. The molecule has 0 unspecified atom stereocenters. The second-order valence-electron chi connectivity index (χ2n) is 3.04. The summed E-state index contributed by atoms with van der Waals surface area (Å²) >= 11 is 0. The van der Waals surface area contributed by atoms with E-state index in [-0.39, 0.29) is 5.82 Å². The number of aryl methyl sites for hydroxylation is 2. The molecule has 2 nitrogen and oxygen atoms in total. The maximum absolute atomic E-state index is 13.2. The van der Waals surface area contributed by atoms with Gasteiger partial charge in [-0.1, -0.05) is 5.92 Å². The van der Waals surface area contributed by atoms with E-state index in [9.17, 15) is 9.18 Å². The lowest BCUT2D eigenvalue weighted by atomic mass is 10.1. The third-order valence-corrected chi connectivity index (χ3v) is 1.77. The summed E-state index contributed by atoms with van der Waals surface area (Å²) in [5, 5.41) is 0. The Bertz CT molecular complexity index is 417. The first-order valence-corrected chi connectivity index (χ1v) is 4.09. The van der Waals surface area contributed by atoms with Crippen molar-refractivity contribution in [1.82, 2.24) is 0 Å². The van der Waals surface area contributed by atoms with E-state index in [1.54, 1.807) is 26.0 Å². The molecule has 0 spiro atoms. The molecule has 0 aliphatic heterocycles. The maximum Gasteiger partial charge on any atom is 0.293 e. The number of amides is 1. The number of rotatable bonds is 0. The Balaban J connectivity index is 3.15. The average Bonchev–Trinajstić information content (AvgIpc) is 2.10. The fourth-order valence-electron chi connectivity index (χ4n) is 1.15. The molecule has 1 amide bonds. The van der Waals surface area contributed by atoms with E-state index in [1.165, 1.54) is 0 Å². The molecule has 0 aromatic heterocycles. The number of hydrogen-bond acceptors (Lipinski definition) is 1. The molecule has 72 valence electrons. The van der Waals surface area contributed by atoms with Gasteiger partial charge >= 0.3 is 0 Å². The minimum absolute atomic E-state index is 0.241. The van der Waals surface area contributed by atoms with Crippen LogP contribution < -0.4 is 5.73 Å². The second kappa shape index (κ2) is 3.93. The van der Waals surface area contributed by atoms with Gasteiger partial charge in [0.2, 0.25) is 0 Å². The van der Waals surface area contributed by atoms with Gasteiger partial charge in [0.05, 0.1) is 0 Å². The van der Waals surface area contributed by atoms with E-state index in [0.29, 0.717) is 16.7 Å². The molecule has 0 bridgehead atoms. The molecule has 3 heteroatoms. The van der Waals surface area contributed by atoms with Crippen molar-refractivity contribution in [2.24, 2.45) is 5.73 Å². The first-order valence-electron chi connectivity index (χ1n) is 4.09. The highest BCUT2D eigenvalue weighted by Gasteiger charge is 2.02. The normalized spacial score (nSPS) is 9.07. The van der Waals surface area contributed by atoms with Crippen LogP contribution in [-0.4, -0.2) is 5.91 Å². The number of hydrogen-bond donors (Lipinski definition) is 1. The number of nitrogens with two attached hydrogens (primary N) is 1.